The number of hydrogen-bond acceptors (Lipinski definition) is 2. The summed E-state index contributed by atoms with van der Waals surface area (Å²) in [5.41, 5.74) is 3.49. The van der Waals surface area contributed by atoms with Gasteiger partial charge in [0.2, 0.25) is 0 Å². The number of aliphatic hydroxyl groups is 1. The van der Waals surface area contributed by atoms with Crippen LogP contribution >= 0.6 is 0 Å². The molecule has 0 fully saturated rings. The third-order valence-corrected chi connectivity index (χ3v) is 2.33. The number of anilines is 1. The lowest BCUT2D eigenvalue weighted by Gasteiger charge is -2.10. The van der Waals surface area contributed by atoms with Crippen molar-refractivity contribution in [3.05, 3.63) is 29.3 Å². The van der Waals surface area contributed by atoms with Crippen molar-refractivity contribution in [1.29, 1.82) is 0 Å². The zero-order chi connectivity index (χ0) is 8.55. The third-order valence-electron chi connectivity index (χ3n) is 2.33. The van der Waals surface area contributed by atoms with Crippen molar-refractivity contribution in [1.82, 2.24) is 0 Å². The molecule has 2 rings (SSSR count). The van der Waals surface area contributed by atoms with Gasteiger partial charge in [-0.3, -0.25) is 0 Å². The van der Waals surface area contributed by atoms with Crippen molar-refractivity contribution >= 4 is 5.69 Å². The lowest BCUT2D eigenvalue weighted by molar-refractivity contribution is 0.200. The van der Waals surface area contributed by atoms with Crippen molar-refractivity contribution in [2.45, 2.75) is 19.4 Å². The van der Waals surface area contributed by atoms with E-state index in [4.69, 9.17) is 0 Å². The third kappa shape index (κ3) is 1.08. The number of aliphatic hydroxyl groups excluding tert-OH is 1. The minimum atomic E-state index is -0.370. The Morgan fingerprint density at radius 2 is 2.33 bits per heavy atom. The van der Waals surface area contributed by atoms with Gasteiger partial charge >= 0.3 is 0 Å². The molecule has 0 bridgehead atoms. The molecule has 2 nitrogen and oxygen atoms in total. The van der Waals surface area contributed by atoms with Gasteiger partial charge in [0.1, 0.15) is 0 Å². The first-order valence-electron chi connectivity index (χ1n) is 4.33. The summed E-state index contributed by atoms with van der Waals surface area (Å²) < 4.78 is 0. The van der Waals surface area contributed by atoms with Crippen LogP contribution in [-0.4, -0.2) is 11.7 Å². The molecule has 0 spiro atoms. The molecule has 0 aromatic heterocycles. The molecule has 0 radical (unpaired) electrons. The number of hydrogen-bond donors (Lipinski definition) is 2. The normalized spacial score (nSPS) is 16.8. The van der Waals surface area contributed by atoms with Crippen molar-refractivity contribution in [3.63, 3.8) is 0 Å². The van der Waals surface area contributed by atoms with E-state index in [2.05, 4.69) is 11.4 Å². The number of nitrogens with one attached hydrogen (secondary N) is 1. The van der Waals surface area contributed by atoms with Crippen molar-refractivity contribution < 1.29 is 5.11 Å². The van der Waals surface area contributed by atoms with E-state index in [1.165, 1.54) is 5.56 Å². The maximum Gasteiger partial charge on any atom is 0.0782 e. The van der Waals surface area contributed by atoms with Crippen molar-refractivity contribution in [2.75, 3.05) is 11.9 Å². The SMILES string of the molecule is CC(O)c1cccc2c1NCC2. The Hall–Kier alpha value is -1.02. The summed E-state index contributed by atoms with van der Waals surface area (Å²) in [4.78, 5) is 0. The topological polar surface area (TPSA) is 32.3 Å². The van der Waals surface area contributed by atoms with E-state index in [1.54, 1.807) is 6.92 Å². The number of fused-ring (bicyclic) bond motifs is 1. The summed E-state index contributed by atoms with van der Waals surface area (Å²) in [6, 6.07) is 6.09. The molecule has 64 valence electrons. The van der Waals surface area contributed by atoms with Crippen LogP contribution in [0.3, 0.4) is 0 Å². The molecule has 0 saturated heterocycles. The highest BCUT2D eigenvalue weighted by Crippen LogP contribution is 2.30. The Balaban J connectivity index is 2.49. The Kier molecular flexibility index (Phi) is 1.77. The molecule has 1 aliphatic heterocycles. The molecule has 0 amide bonds. The first kappa shape index (κ1) is 7.62. The summed E-state index contributed by atoms with van der Waals surface area (Å²) in [5.74, 6) is 0. The molecule has 0 saturated carbocycles. The van der Waals surface area contributed by atoms with Gasteiger partial charge in [0.25, 0.3) is 0 Å². The zero-order valence-corrected chi connectivity index (χ0v) is 7.17. The fourth-order valence-corrected chi connectivity index (χ4v) is 1.71. The van der Waals surface area contributed by atoms with Gasteiger partial charge in [0, 0.05) is 17.8 Å². The molecule has 1 aliphatic rings. The van der Waals surface area contributed by atoms with E-state index in [0.29, 0.717) is 0 Å². The predicted molar refractivity (Wildman–Crippen MR) is 49.3 cm³/mol. The Bertz CT molecular complexity index is 294. The first-order chi connectivity index (χ1) is 5.79. The summed E-state index contributed by atoms with van der Waals surface area (Å²) in [7, 11) is 0. The van der Waals surface area contributed by atoms with E-state index in [1.807, 2.05) is 12.1 Å². The monoisotopic (exact) mass is 163 g/mol. The van der Waals surface area contributed by atoms with Gasteiger partial charge in [-0.05, 0) is 18.9 Å². The number of benzene rings is 1. The van der Waals surface area contributed by atoms with Crippen LogP contribution in [0.1, 0.15) is 24.2 Å². The molecule has 1 unspecified atom stereocenters. The van der Waals surface area contributed by atoms with Crippen LogP contribution in [-0.2, 0) is 6.42 Å². The van der Waals surface area contributed by atoms with Crippen LogP contribution in [0.15, 0.2) is 18.2 Å². The minimum absolute atomic E-state index is 0.370. The first-order valence-corrected chi connectivity index (χ1v) is 4.33. The average molecular weight is 163 g/mol. The van der Waals surface area contributed by atoms with Gasteiger partial charge in [-0.25, -0.2) is 0 Å². The number of para-hydroxylation sites is 1. The maximum absolute atomic E-state index is 9.45. The zero-order valence-electron chi connectivity index (χ0n) is 7.17. The lowest BCUT2D eigenvalue weighted by atomic mass is 10.0. The Labute approximate surface area is 72.2 Å². The van der Waals surface area contributed by atoms with Gasteiger partial charge in [-0.15, -0.1) is 0 Å². The van der Waals surface area contributed by atoms with Crippen LogP contribution in [0.25, 0.3) is 0 Å². The summed E-state index contributed by atoms with van der Waals surface area (Å²) in [5, 5.41) is 12.7. The maximum atomic E-state index is 9.45. The fourth-order valence-electron chi connectivity index (χ4n) is 1.71. The second-order valence-electron chi connectivity index (χ2n) is 3.23. The Morgan fingerprint density at radius 1 is 1.50 bits per heavy atom. The summed E-state index contributed by atoms with van der Waals surface area (Å²) in [6.45, 7) is 2.80. The van der Waals surface area contributed by atoms with Crippen LogP contribution in [0.2, 0.25) is 0 Å². The predicted octanol–water partition coefficient (Wildman–Crippen LogP) is 1.71. The van der Waals surface area contributed by atoms with E-state index >= 15 is 0 Å². The van der Waals surface area contributed by atoms with Crippen LogP contribution in [0, 0.1) is 0 Å². The molecule has 1 atom stereocenters. The largest absolute Gasteiger partial charge is 0.389 e. The van der Waals surface area contributed by atoms with E-state index in [-0.39, 0.29) is 6.10 Å². The van der Waals surface area contributed by atoms with Gasteiger partial charge in [0.05, 0.1) is 6.10 Å². The molecule has 2 heteroatoms. The second kappa shape index (κ2) is 2.79. The Morgan fingerprint density at radius 3 is 3.08 bits per heavy atom. The highest BCUT2D eigenvalue weighted by molar-refractivity contribution is 5.61. The fraction of sp³-hybridized carbons (Fsp3) is 0.400. The minimum Gasteiger partial charge on any atom is -0.389 e. The number of rotatable bonds is 1. The molecular formula is C10H13NO. The molecule has 1 aromatic rings. The quantitative estimate of drug-likeness (QED) is 0.660. The van der Waals surface area contributed by atoms with Crippen LogP contribution in [0.5, 0.6) is 0 Å². The van der Waals surface area contributed by atoms with Crippen molar-refractivity contribution in [2.24, 2.45) is 0 Å². The van der Waals surface area contributed by atoms with Crippen LogP contribution < -0.4 is 5.32 Å². The van der Waals surface area contributed by atoms with Gasteiger partial charge < -0.3 is 10.4 Å². The highest BCUT2D eigenvalue weighted by Gasteiger charge is 2.15. The molecule has 2 N–H and O–H groups in total. The molecular weight excluding hydrogens is 150 g/mol. The summed E-state index contributed by atoms with van der Waals surface area (Å²) >= 11 is 0. The smallest absolute Gasteiger partial charge is 0.0782 e. The van der Waals surface area contributed by atoms with Gasteiger partial charge in [-0.2, -0.15) is 0 Å². The standard InChI is InChI=1S/C10H13NO/c1-7(12)9-4-2-3-8-5-6-11-10(8)9/h2-4,7,11-12H,5-6H2,1H3. The molecule has 1 aromatic carbocycles. The highest BCUT2D eigenvalue weighted by atomic mass is 16.3. The van der Waals surface area contributed by atoms with Gasteiger partial charge in [-0.1, -0.05) is 18.2 Å². The average Bonchev–Trinajstić information content (AvgIpc) is 2.49. The lowest BCUT2D eigenvalue weighted by Crippen LogP contribution is -1.98. The second-order valence-corrected chi connectivity index (χ2v) is 3.23. The molecule has 1 heterocycles. The van der Waals surface area contributed by atoms with Crippen molar-refractivity contribution in [3.8, 4) is 0 Å². The summed E-state index contributed by atoms with van der Waals surface area (Å²) in [6.07, 6.45) is 0.709. The van der Waals surface area contributed by atoms with Crippen LogP contribution in [0.4, 0.5) is 5.69 Å². The van der Waals surface area contributed by atoms with E-state index in [9.17, 15) is 5.11 Å². The molecule has 0 aliphatic carbocycles. The van der Waals surface area contributed by atoms with E-state index < -0.39 is 0 Å². The molecule has 12 heavy (non-hydrogen) atoms. The van der Waals surface area contributed by atoms with E-state index in [0.717, 1.165) is 24.2 Å². The van der Waals surface area contributed by atoms with Gasteiger partial charge in [0.15, 0.2) is 0 Å².